The number of hydrogen-bond acceptors (Lipinski definition) is 5. The number of hydrogen-bond donors (Lipinski definition) is 2. The fourth-order valence-electron chi connectivity index (χ4n) is 2.85. The van der Waals surface area contributed by atoms with Crippen molar-refractivity contribution in [3.63, 3.8) is 0 Å². The molecule has 6 heteroatoms. The Bertz CT molecular complexity index is 315. The highest BCUT2D eigenvalue weighted by Gasteiger charge is 2.41. The van der Waals surface area contributed by atoms with E-state index in [-0.39, 0.29) is 23.5 Å². The summed E-state index contributed by atoms with van der Waals surface area (Å²) in [7, 11) is -3.13. The van der Waals surface area contributed by atoms with Crippen LogP contribution in [0.1, 0.15) is 47.5 Å². The second-order valence-corrected chi connectivity index (χ2v) is 8.30. The maximum Gasteiger partial charge on any atom is 0.344 e. The van der Waals surface area contributed by atoms with Gasteiger partial charge in [-0.25, -0.2) is 0 Å². The first-order valence-corrected chi connectivity index (χ1v) is 8.26. The Labute approximate surface area is 110 Å². The summed E-state index contributed by atoms with van der Waals surface area (Å²) in [5.74, 6) is 0. The molecule has 1 aliphatic heterocycles. The zero-order valence-corrected chi connectivity index (χ0v) is 13.0. The maximum atomic E-state index is 12.3. The second-order valence-electron chi connectivity index (χ2n) is 6.24. The molecule has 108 valence electrons. The van der Waals surface area contributed by atoms with E-state index in [0.717, 1.165) is 12.8 Å². The molecule has 0 aromatic carbocycles. The average Bonchev–Trinajstić information content (AvgIpc) is 2.12. The summed E-state index contributed by atoms with van der Waals surface area (Å²) in [5.41, 5.74) is 5.43. The zero-order valence-electron chi connectivity index (χ0n) is 12.2. The summed E-state index contributed by atoms with van der Waals surface area (Å²) in [6, 6.07) is 0. The number of rotatable bonds is 5. The van der Waals surface area contributed by atoms with Gasteiger partial charge in [-0.1, -0.05) is 0 Å². The van der Waals surface area contributed by atoms with Crippen LogP contribution in [0.15, 0.2) is 0 Å². The molecule has 0 spiro atoms. The van der Waals surface area contributed by atoms with Crippen molar-refractivity contribution in [3.8, 4) is 0 Å². The monoisotopic (exact) mass is 278 g/mol. The number of nitrogens with one attached hydrogen (secondary N) is 1. The molecular weight excluding hydrogens is 251 g/mol. The van der Waals surface area contributed by atoms with Gasteiger partial charge >= 0.3 is 7.60 Å². The van der Waals surface area contributed by atoms with Gasteiger partial charge in [0.2, 0.25) is 0 Å². The van der Waals surface area contributed by atoms with E-state index in [2.05, 4.69) is 33.0 Å². The predicted octanol–water partition coefficient (Wildman–Crippen LogP) is 2.46. The summed E-state index contributed by atoms with van der Waals surface area (Å²) in [6.45, 7) is 10.6. The Morgan fingerprint density at radius 3 is 2.17 bits per heavy atom. The highest BCUT2D eigenvalue weighted by Crippen LogP contribution is 2.50. The summed E-state index contributed by atoms with van der Waals surface area (Å²) in [4.78, 5) is 0. The minimum Gasteiger partial charge on any atom is -0.320 e. The van der Waals surface area contributed by atoms with Crippen LogP contribution in [0.4, 0.5) is 0 Å². The molecule has 0 radical (unpaired) electrons. The van der Waals surface area contributed by atoms with Crippen molar-refractivity contribution < 1.29 is 13.6 Å². The van der Waals surface area contributed by atoms with Crippen molar-refractivity contribution >= 4 is 7.60 Å². The smallest absolute Gasteiger partial charge is 0.320 e. The van der Waals surface area contributed by atoms with Crippen LogP contribution in [0.3, 0.4) is 0 Å². The molecule has 1 rings (SSSR count). The molecule has 5 nitrogen and oxygen atoms in total. The molecule has 0 aliphatic carbocycles. The second kappa shape index (κ2) is 5.59. The van der Waals surface area contributed by atoms with Gasteiger partial charge in [0.25, 0.3) is 0 Å². The lowest BCUT2D eigenvalue weighted by Gasteiger charge is -2.46. The third kappa shape index (κ3) is 4.63. The van der Waals surface area contributed by atoms with E-state index in [1.54, 1.807) is 6.92 Å². The third-order valence-corrected chi connectivity index (χ3v) is 4.73. The average molecular weight is 278 g/mol. The lowest BCUT2D eigenvalue weighted by molar-refractivity contribution is 0.0435. The van der Waals surface area contributed by atoms with E-state index < -0.39 is 7.60 Å². The van der Waals surface area contributed by atoms with Gasteiger partial charge in [-0.15, -0.1) is 0 Å². The normalized spacial score (nSPS) is 26.8. The van der Waals surface area contributed by atoms with Gasteiger partial charge in [0.15, 0.2) is 0 Å². The third-order valence-electron chi connectivity index (χ3n) is 3.01. The van der Waals surface area contributed by atoms with Crippen LogP contribution < -0.4 is 11.1 Å². The molecule has 0 aromatic rings. The van der Waals surface area contributed by atoms with Crippen LogP contribution in [0.2, 0.25) is 0 Å². The van der Waals surface area contributed by atoms with Gasteiger partial charge in [-0.2, -0.15) is 0 Å². The van der Waals surface area contributed by atoms with E-state index >= 15 is 0 Å². The Kier molecular flexibility index (Phi) is 5.01. The topological polar surface area (TPSA) is 73.6 Å². The number of nitrogens with two attached hydrogens (primary N) is 1. The van der Waals surface area contributed by atoms with E-state index in [4.69, 9.17) is 14.8 Å². The fraction of sp³-hybridized carbons (Fsp3) is 1.00. The van der Waals surface area contributed by atoms with Gasteiger partial charge < -0.3 is 20.1 Å². The van der Waals surface area contributed by atoms with E-state index in [9.17, 15) is 4.57 Å². The molecule has 0 amide bonds. The minimum absolute atomic E-state index is 0.0436. The SMILES string of the molecule is CCOP(=O)(CN)OC1CC(C)(C)NC(C)(C)C1. The van der Waals surface area contributed by atoms with Crippen molar-refractivity contribution in [1.29, 1.82) is 0 Å². The lowest BCUT2D eigenvalue weighted by Crippen LogP contribution is -2.59. The van der Waals surface area contributed by atoms with Gasteiger partial charge in [0.1, 0.15) is 0 Å². The van der Waals surface area contributed by atoms with Crippen LogP contribution in [0.5, 0.6) is 0 Å². The summed E-state index contributed by atoms with van der Waals surface area (Å²) < 4.78 is 23.2. The van der Waals surface area contributed by atoms with Gasteiger partial charge in [-0.3, -0.25) is 4.57 Å². The molecule has 3 N–H and O–H groups in total. The van der Waals surface area contributed by atoms with Crippen molar-refractivity contribution in [3.05, 3.63) is 0 Å². The Balaban J connectivity index is 2.74. The molecule has 1 fully saturated rings. The molecule has 0 bridgehead atoms. The highest BCUT2D eigenvalue weighted by molar-refractivity contribution is 7.53. The first-order chi connectivity index (χ1) is 8.11. The zero-order chi connectivity index (χ0) is 14.0. The molecule has 1 unspecified atom stereocenters. The van der Waals surface area contributed by atoms with E-state index in [0.29, 0.717) is 6.61 Å². The molecule has 0 aromatic heterocycles. The highest BCUT2D eigenvalue weighted by atomic mass is 31.2. The number of piperidine rings is 1. The van der Waals surface area contributed by atoms with Gasteiger partial charge in [-0.05, 0) is 47.5 Å². The van der Waals surface area contributed by atoms with Crippen LogP contribution in [0, 0.1) is 0 Å². The molecule has 1 heterocycles. The van der Waals surface area contributed by atoms with Crippen LogP contribution in [0.25, 0.3) is 0 Å². The summed E-state index contributed by atoms with van der Waals surface area (Å²) in [6.07, 6.45) is 1.45. The first kappa shape index (κ1) is 16.1. The predicted molar refractivity (Wildman–Crippen MR) is 73.7 cm³/mol. The summed E-state index contributed by atoms with van der Waals surface area (Å²) >= 11 is 0. The fourth-order valence-corrected chi connectivity index (χ4v) is 4.10. The minimum atomic E-state index is -3.13. The molecular formula is C12H27N2O3P. The van der Waals surface area contributed by atoms with Crippen molar-refractivity contribution in [2.45, 2.75) is 64.6 Å². The van der Waals surface area contributed by atoms with Crippen LogP contribution in [-0.4, -0.2) is 30.1 Å². The van der Waals surface area contributed by atoms with E-state index in [1.165, 1.54) is 0 Å². The van der Waals surface area contributed by atoms with Gasteiger partial charge in [0, 0.05) is 11.1 Å². The molecule has 1 saturated heterocycles. The van der Waals surface area contributed by atoms with Crippen molar-refractivity contribution in [2.24, 2.45) is 5.73 Å². The quantitative estimate of drug-likeness (QED) is 0.756. The van der Waals surface area contributed by atoms with Gasteiger partial charge in [0.05, 0.1) is 19.0 Å². The Morgan fingerprint density at radius 1 is 1.28 bits per heavy atom. The molecule has 18 heavy (non-hydrogen) atoms. The standard InChI is InChI=1S/C12H27N2O3P/c1-6-16-18(15,9-13)17-10-7-11(2,3)14-12(4,5)8-10/h10,14H,6-9,13H2,1-5H3. The maximum absolute atomic E-state index is 12.3. The lowest BCUT2D eigenvalue weighted by atomic mass is 9.81. The largest absolute Gasteiger partial charge is 0.344 e. The molecule has 1 aliphatic rings. The van der Waals surface area contributed by atoms with Crippen LogP contribution >= 0.6 is 7.60 Å². The molecule has 0 saturated carbocycles. The van der Waals surface area contributed by atoms with Crippen molar-refractivity contribution in [1.82, 2.24) is 5.32 Å². The molecule has 1 atom stereocenters. The summed E-state index contributed by atoms with van der Waals surface area (Å²) in [5, 5.41) is 3.56. The van der Waals surface area contributed by atoms with Crippen molar-refractivity contribution in [2.75, 3.05) is 12.9 Å². The Morgan fingerprint density at radius 2 is 1.78 bits per heavy atom. The first-order valence-electron chi connectivity index (χ1n) is 6.53. The Hall–Kier alpha value is 0.0700. The van der Waals surface area contributed by atoms with Crippen LogP contribution in [-0.2, 0) is 13.6 Å². The van der Waals surface area contributed by atoms with E-state index in [1.807, 2.05) is 0 Å².